The Kier molecular flexibility index (Phi) is 6.86. The van der Waals surface area contributed by atoms with Gasteiger partial charge in [-0.3, -0.25) is 9.78 Å². The predicted octanol–water partition coefficient (Wildman–Crippen LogP) is 3.74. The molecule has 2 fully saturated rings. The molecule has 1 amide bonds. The summed E-state index contributed by atoms with van der Waals surface area (Å²) in [6.45, 7) is 1.44. The maximum absolute atomic E-state index is 13.2. The molecule has 5 nitrogen and oxygen atoms in total. The van der Waals surface area contributed by atoms with E-state index in [1.54, 1.807) is 7.11 Å². The molecule has 3 aliphatic rings. The number of likely N-dealkylation sites (tertiary alicyclic amines) is 1. The summed E-state index contributed by atoms with van der Waals surface area (Å²) in [5, 5.41) is 3.72. The second-order valence-electron chi connectivity index (χ2n) is 9.20. The number of nitrogens with one attached hydrogen (secondary N) is 1. The molecular weight excluding hydrogens is 407 g/mol. The first-order chi connectivity index (χ1) is 14.8. The van der Waals surface area contributed by atoms with Gasteiger partial charge in [-0.15, -0.1) is 0 Å². The Hall–Kier alpha value is -1.67. The van der Waals surface area contributed by atoms with Crippen LogP contribution in [0.15, 0.2) is 12.3 Å². The number of nitrogens with zero attached hydrogens (tertiary/aromatic N) is 2. The lowest BCUT2D eigenvalue weighted by Gasteiger charge is -2.33. The summed E-state index contributed by atoms with van der Waals surface area (Å²) < 4.78 is 44.7. The van der Waals surface area contributed by atoms with Gasteiger partial charge >= 0.3 is 6.18 Å². The minimum atomic E-state index is -4.39. The van der Waals surface area contributed by atoms with Crippen molar-refractivity contribution in [2.75, 3.05) is 20.2 Å². The van der Waals surface area contributed by atoms with Crippen molar-refractivity contribution in [3.8, 4) is 0 Å². The van der Waals surface area contributed by atoms with E-state index in [-0.39, 0.29) is 24.0 Å². The number of aromatic nitrogens is 1. The van der Waals surface area contributed by atoms with E-state index >= 15 is 0 Å². The lowest BCUT2D eigenvalue weighted by molar-refractivity contribution is -0.138. The van der Waals surface area contributed by atoms with E-state index in [0.717, 1.165) is 32.0 Å². The second kappa shape index (κ2) is 9.45. The first-order valence-corrected chi connectivity index (χ1v) is 11.5. The Balaban J connectivity index is 1.33. The Morgan fingerprint density at radius 3 is 2.71 bits per heavy atom. The molecule has 1 aliphatic heterocycles. The smallest absolute Gasteiger partial charge is 0.380 e. The highest BCUT2D eigenvalue weighted by molar-refractivity contribution is 5.79. The second-order valence-corrected chi connectivity index (χ2v) is 9.20. The van der Waals surface area contributed by atoms with E-state index in [0.29, 0.717) is 49.5 Å². The normalized spacial score (nSPS) is 29.5. The van der Waals surface area contributed by atoms with Crippen LogP contribution in [0.5, 0.6) is 0 Å². The van der Waals surface area contributed by atoms with Crippen LogP contribution in [-0.2, 0) is 28.5 Å². The number of rotatable bonds is 4. The van der Waals surface area contributed by atoms with Crippen LogP contribution in [0, 0.1) is 5.92 Å². The van der Waals surface area contributed by atoms with Gasteiger partial charge in [0.15, 0.2) is 0 Å². The molecule has 2 heterocycles. The van der Waals surface area contributed by atoms with Gasteiger partial charge in [0.05, 0.1) is 11.7 Å². The maximum atomic E-state index is 13.2. The van der Waals surface area contributed by atoms with Crippen molar-refractivity contribution in [1.82, 2.24) is 15.2 Å². The third-order valence-corrected chi connectivity index (χ3v) is 7.18. The fourth-order valence-corrected chi connectivity index (χ4v) is 5.39. The van der Waals surface area contributed by atoms with Crippen molar-refractivity contribution in [2.45, 2.75) is 82.2 Å². The van der Waals surface area contributed by atoms with Gasteiger partial charge < -0.3 is 15.0 Å². The van der Waals surface area contributed by atoms with Crippen molar-refractivity contribution < 1.29 is 22.7 Å². The van der Waals surface area contributed by atoms with Crippen molar-refractivity contribution >= 4 is 5.91 Å². The molecule has 0 spiro atoms. The standard InChI is InChI=1S/C23H32F3N3O2/c1-31-21-5-3-2-4-20(21)28-18-10-11-29(14-18)22(30)15-6-7-16-12-17(23(24,25)26)13-27-19(16)9-8-15/h12-13,15,18,20-21,28H,2-11,14H2,1H3. The summed E-state index contributed by atoms with van der Waals surface area (Å²) in [6, 6.07) is 1.84. The number of methoxy groups -OCH3 is 1. The highest BCUT2D eigenvalue weighted by Gasteiger charge is 2.36. The molecule has 1 N–H and O–H groups in total. The summed E-state index contributed by atoms with van der Waals surface area (Å²) in [5.74, 6) is -0.0104. The summed E-state index contributed by atoms with van der Waals surface area (Å²) >= 11 is 0. The molecule has 1 aromatic rings. The number of hydrogen-bond donors (Lipinski definition) is 1. The minimum Gasteiger partial charge on any atom is -0.380 e. The van der Waals surface area contributed by atoms with Gasteiger partial charge in [-0.1, -0.05) is 12.8 Å². The van der Waals surface area contributed by atoms with E-state index in [9.17, 15) is 18.0 Å². The van der Waals surface area contributed by atoms with Crippen molar-refractivity contribution in [3.05, 3.63) is 29.1 Å². The van der Waals surface area contributed by atoms with Gasteiger partial charge in [0.1, 0.15) is 0 Å². The molecule has 4 unspecified atom stereocenters. The summed E-state index contributed by atoms with van der Waals surface area (Å²) in [4.78, 5) is 19.2. The van der Waals surface area contributed by atoms with E-state index in [2.05, 4.69) is 10.3 Å². The molecule has 172 valence electrons. The van der Waals surface area contributed by atoms with Crippen LogP contribution in [0.3, 0.4) is 0 Å². The summed E-state index contributed by atoms with van der Waals surface area (Å²) in [6.07, 6.45) is 4.55. The van der Waals surface area contributed by atoms with Gasteiger partial charge in [0, 0.05) is 50.1 Å². The molecule has 4 rings (SSSR count). The quantitative estimate of drug-likeness (QED) is 0.727. The molecule has 1 saturated heterocycles. The van der Waals surface area contributed by atoms with E-state index in [4.69, 9.17) is 4.74 Å². The molecule has 1 aromatic heterocycles. The van der Waals surface area contributed by atoms with Gasteiger partial charge in [-0.25, -0.2) is 0 Å². The van der Waals surface area contributed by atoms with Gasteiger partial charge in [-0.2, -0.15) is 13.2 Å². The largest absolute Gasteiger partial charge is 0.417 e. The van der Waals surface area contributed by atoms with E-state index in [1.807, 2.05) is 4.90 Å². The molecule has 2 aliphatic carbocycles. The molecule has 31 heavy (non-hydrogen) atoms. The predicted molar refractivity (Wildman–Crippen MR) is 111 cm³/mol. The maximum Gasteiger partial charge on any atom is 0.417 e. The Morgan fingerprint density at radius 2 is 1.94 bits per heavy atom. The molecule has 0 bridgehead atoms. The number of fused-ring (bicyclic) bond motifs is 1. The highest BCUT2D eigenvalue weighted by Crippen LogP contribution is 2.33. The third-order valence-electron chi connectivity index (χ3n) is 7.18. The molecule has 4 atom stereocenters. The van der Waals surface area contributed by atoms with Crippen LogP contribution in [0.1, 0.15) is 61.8 Å². The van der Waals surface area contributed by atoms with Crippen LogP contribution in [0.2, 0.25) is 0 Å². The number of alkyl halides is 3. The fourth-order valence-electron chi connectivity index (χ4n) is 5.39. The zero-order valence-electron chi connectivity index (χ0n) is 18.1. The number of carbonyl (C=O) groups is 1. The average molecular weight is 440 g/mol. The number of pyridine rings is 1. The number of aryl methyl sites for hydroxylation is 2. The Labute approximate surface area is 181 Å². The Morgan fingerprint density at radius 1 is 1.16 bits per heavy atom. The van der Waals surface area contributed by atoms with Crippen LogP contribution in [-0.4, -0.2) is 54.2 Å². The first-order valence-electron chi connectivity index (χ1n) is 11.5. The van der Waals surface area contributed by atoms with E-state index in [1.165, 1.54) is 18.9 Å². The monoisotopic (exact) mass is 439 g/mol. The van der Waals surface area contributed by atoms with Crippen LogP contribution < -0.4 is 5.32 Å². The number of amides is 1. The van der Waals surface area contributed by atoms with Crippen LogP contribution in [0.25, 0.3) is 0 Å². The lowest BCUT2D eigenvalue weighted by atomic mass is 9.91. The lowest BCUT2D eigenvalue weighted by Crippen LogP contribution is -2.49. The topological polar surface area (TPSA) is 54.5 Å². The number of halogens is 3. The SMILES string of the molecule is COC1CCCCC1NC1CCN(C(=O)C2CCc3cc(C(F)(F)F)cnc3CC2)C1. The molecule has 0 radical (unpaired) electrons. The van der Waals surface area contributed by atoms with Crippen molar-refractivity contribution in [3.63, 3.8) is 0 Å². The zero-order chi connectivity index (χ0) is 22.0. The van der Waals surface area contributed by atoms with Crippen molar-refractivity contribution in [1.29, 1.82) is 0 Å². The van der Waals surface area contributed by atoms with Crippen molar-refractivity contribution in [2.24, 2.45) is 5.92 Å². The summed E-state index contributed by atoms with van der Waals surface area (Å²) in [5.41, 5.74) is 0.628. The zero-order valence-corrected chi connectivity index (χ0v) is 18.1. The van der Waals surface area contributed by atoms with Gasteiger partial charge in [0.2, 0.25) is 5.91 Å². The third kappa shape index (κ3) is 5.22. The Bertz CT molecular complexity index is 786. The van der Waals surface area contributed by atoms with E-state index < -0.39 is 11.7 Å². The number of hydrogen-bond acceptors (Lipinski definition) is 4. The minimum absolute atomic E-state index is 0.139. The fraction of sp³-hybridized carbons (Fsp3) is 0.739. The average Bonchev–Trinajstić information content (AvgIpc) is 3.11. The number of carbonyl (C=O) groups excluding carboxylic acids is 1. The first kappa shape index (κ1) is 22.5. The molecular formula is C23H32F3N3O2. The van der Waals surface area contributed by atoms with Gasteiger partial charge in [0.25, 0.3) is 0 Å². The van der Waals surface area contributed by atoms with Crippen LogP contribution in [0.4, 0.5) is 13.2 Å². The molecule has 0 aromatic carbocycles. The highest BCUT2D eigenvalue weighted by atomic mass is 19.4. The number of ether oxygens (including phenoxy) is 1. The summed E-state index contributed by atoms with van der Waals surface area (Å²) in [7, 11) is 1.77. The van der Waals surface area contributed by atoms with Crippen LogP contribution >= 0.6 is 0 Å². The molecule has 8 heteroatoms. The van der Waals surface area contributed by atoms with Gasteiger partial charge in [-0.05, 0) is 56.6 Å². The molecule has 1 saturated carbocycles.